The lowest BCUT2D eigenvalue weighted by Gasteiger charge is -2.10. The fourth-order valence-corrected chi connectivity index (χ4v) is 2.33. The normalized spacial score (nSPS) is 10.1. The van der Waals surface area contributed by atoms with Crippen molar-refractivity contribution < 1.29 is 9.18 Å². The zero-order chi connectivity index (χ0) is 14.4. The van der Waals surface area contributed by atoms with Crippen molar-refractivity contribution in [2.24, 2.45) is 0 Å². The van der Waals surface area contributed by atoms with Gasteiger partial charge in [0, 0.05) is 28.5 Å². The first kappa shape index (κ1) is 14.3. The Kier molecular flexibility index (Phi) is 4.90. The lowest BCUT2D eigenvalue weighted by Crippen LogP contribution is -2.13. The van der Waals surface area contributed by atoms with Crippen LogP contribution in [0.15, 0.2) is 60.1 Å². The second-order valence-corrected chi connectivity index (χ2v) is 4.98. The number of halogens is 1. The molecule has 1 heterocycles. The third kappa shape index (κ3) is 3.68. The lowest BCUT2D eigenvalue weighted by molar-refractivity contribution is 0.102. The number of para-hydroxylation sites is 1. The molecule has 1 aromatic heterocycles. The first-order valence-corrected chi connectivity index (χ1v) is 6.95. The van der Waals surface area contributed by atoms with E-state index >= 15 is 0 Å². The average molecular weight is 288 g/mol. The van der Waals surface area contributed by atoms with Crippen LogP contribution >= 0.6 is 11.8 Å². The van der Waals surface area contributed by atoms with Gasteiger partial charge in [-0.2, -0.15) is 4.39 Å². The predicted molar refractivity (Wildman–Crippen MR) is 79.5 cm³/mol. The molecular formula is C15H13FN2OS. The number of thioether (sulfide) groups is 1. The summed E-state index contributed by atoms with van der Waals surface area (Å²) < 4.78 is 13.0. The second-order valence-electron chi connectivity index (χ2n) is 3.92. The van der Waals surface area contributed by atoms with Crippen molar-refractivity contribution in [1.29, 1.82) is 0 Å². The van der Waals surface area contributed by atoms with Crippen molar-refractivity contribution in [2.75, 3.05) is 11.1 Å². The first-order chi connectivity index (χ1) is 9.70. The molecule has 0 saturated heterocycles. The van der Waals surface area contributed by atoms with E-state index in [4.69, 9.17) is 0 Å². The molecule has 0 saturated carbocycles. The lowest BCUT2D eigenvalue weighted by atomic mass is 10.2. The van der Waals surface area contributed by atoms with Crippen molar-refractivity contribution in [3.05, 3.63) is 66.8 Å². The van der Waals surface area contributed by atoms with Gasteiger partial charge >= 0.3 is 0 Å². The fourth-order valence-electron chi connectivity index (χ4n) is 1.58. The van der Waals surface area contributed by atoms with Gasteiger partial charge in [-0.1, -0.05) is 18.2 Å². The topological polar surface area (TPSA) is 42.0 Å². The third-order valence-corrected chi connectivity index (χ3v) is 3.55. The minimum atomic E-state index is -0.674. The number of nitrogens with one attached hydrogen (secondary N) is 1. The first-order valence-electron chi connectivity index (χ1n) is 5.96. The van der Waals surface area contributed by atoms with E-state index in [2.05, 4.69) is 16.9 Å². The summed E-state index contributed by atoms with van der Waals surface area (Å²) in [7, 11) is 0. The highest BCUT2D eigenvalue weighted by Gasteiger charge is 2.10. The number of benzene rings is 1. The number of pyridine rings is 1. The molecule has 20 heavy (non-hydrogen) atoms. The molecule has 0 aliphatic heterocycles. The van der Waals surface area contributed by atoms with Gasteiger partial charge in [-0.05, 0) is 18.2 Å². The molecular weight excluding hydrogens is 275 g/mol. The summed E-state index contributed by atoms with van der Waals surface area (Å²) in [5, 5.41) is 2.77. The van der Waals surface area contributed by atoms with Gasteiger partial charge in [0.2, 0.25) is 5.95 Å². The van der Waals surface area contributed by atoms with Crippen molar-refractivity contribution in [1.82, 2.24) is 4.98 Å². The van der Waals surface area contributed by atoms with Crippen molar-refractivity contribution >= 4 is 23.4 Å². The molecule has 2 aromatic rings. The van der Waals surface area contributed by atoms with E-state index in [1.807, 2.05) is 18.2 Å². The molecule has 0 radical (unpaired) electrons. The Hall–Kier alpha value is -2.14. The quantitative estimate of drug-likeness (QED) is 0.517. The standard InChI is InChI=1S/C15H13FN2OS/c1-2-9-20-13-6-4-3-5-12(13)18-15(19)11-7-8-17-14(16)10-11/h2-8,10H,1,9H2,(H,18,19). The van der Waals surface area contributed by atoms with Crippen LogP contribution in [0.3, 0.4) is 0 Å². The molecule has 1 aromatic carbocycles. The minimum Gasteiger partial charge on any atom is -0.321 e. The van der Waals surface area contributed by atoms with E-state index in [1.54, 1.807) is 23.9 Å². The van der Waals surface area contributed by atoms with Crippen LogP contribution in [0.2, 0.25) is 0 Å². The number of aromatic nitrogens is 1. The Bertz CT molecular complexity index is 631. The maximum atomic E-state index is 13.0. The maximum Gasteiger partial charge on any atom is 0.255 e. The molecule has 2 rings (SSSR count). The van der Waals surface area contributed by atoms with Crippen LogP contribution in [0.25, 0.3) is 0 Å². The molecule has 0 fully saturated rings. The van der Waals surface area contributed by atoms with Gasteiger partial charge in [-0.25, -0.2) is 4.98 Å². The molecule has 0 unspecified atom stereocenters. The van der Waals surface area contributed by atoms with Gasteiger partial charge in [-0.3, -0.25) is 4.79 Å². The van der Waals surface area contributed by atoms with Crippen LogP contribution in [0.4, 0.5) is 10.1 Å². The van der Waals surface area contributed by atoms with Crippen LogP contribution in [-0.2, 0) is 0 Å². The smallest absolute Gasteiger partial charge is 0.255 e. The van der Waals surface area contributed by atoms with Crippen LogP contribution < -0.4 is 5.32 Å². The number of nitrogens with zero attached hydrogens (tertiary/aromatic N) is 1. The molecule has 1 amide bonds. The molecule has 5 heteroatoms. The summed E-state index contributed by atoms with van der Waals surface area (Å²) in [6.45, 7) is 3.67. The van der Waals surface area contributed by atoms with Crippen molar-refractivity contribution in [2.45, 2.75) is 4.90 Å². The van der Waals surface area contributed by atoms with Gasteiger partial charge in [0.25, 0.3) is 5.91 Å². The van der Waals surface area contributed by atoms with Crippen LogP contribution in [-0.4, -0.2) is 16.6 Å². The molecule has 1 N–H and O–H groups in total. The van der Waals surface area contributed by atoms with E-state index in [9.17, 15) is 9.18 Å². The van der Waals surface area contributed by atoms with E-state index in [0.29, 0.717) is 5.69 Å². The summed E-state index contributed by atoms with van der Waals surface area (Å²) in [6.07, 6.45) is 3.06. The van der Waals surface area contributed by atoms with Crippen LogP contribution in [0.1, 0.15) is 10.4 Å². The van der Waals surface area contributed by atoms with Crippen LogP contribution in [0.5, 0.6) is 0 Å². The number of anilines is 1. The van der Waals surface area contributed by atoms with Gasteiger partial charge in [-0.15, -0.1) is 18.3 Å². The maximum absolute atomic E-state index is 13.0. The summed E-state index contributed by atoms with van der Waals surface area (Å²) in [4.78, 5) is 16.4. The molecule has 0 spiro atoms. The molecule has 3 nitrogen and oxygen atoms in total. The molecule has 0 aliphatic carbocycles. The third-order valence-electron chi connectivity index (χ3n) is 2.48. The van der Waals surface area contributed by atoms with E-state index in [-0.39, 0.29) is 11.5 Å². The van der Waals surface area contributed by atoms with Gasteiger partial charge < -0.3 is 5.32 Å². The van der Waals surface area contributed by atoms with Crippen molar-refractivity contribution in [3.63, 3.8) is 0 Å². The highest BCUT2D eigenvalue weighted by atomic mass is 32.2. The number of rotatable bonds is 5. The summed E-state index contributed by atoms with van der Waals surface area (Å²) in [6, 6.07) is 10.0. The van der Waals surface area contributed by atoms with E-state index in [0.717, 1.165) is 16.7 Å². The molecule has 0 bridgehead atoms. The number of hydrogen-bond acceptors (Lipinski definition) is 3. The summed E-state index contributed by atoms with van der Waals surface area (Å²) in [5.74, 6) is -0.290. The zero-order valence-electron chi connectivity index (χ0n) is 10.7. The average Bonchev–Trinajstić information content (AvgIpc) is 2.46. The number of hydrogen-bond donors (Lipinski definition) is 1. The number of amides is 1. The Labute approximate surface area is 120 Å². The Morgan fingerprint density at radius 1 is 1.40 bits per heavy atom. The summed E-state index contributed by atoms with van der Waals surface area (Å²) in [5.41, 5.74) is 0.933. The zero-order valence-corrected chi connectivity index (χ0v) is 11.5. The van der Waals surface area contributed by atoms with Crippen molar-refractivity contribution in [3.8, 4) is 0 Å². The fraction of sp³-hybridized carbons (Fsp3) is 0.0667. The monoisotopic (exact) mass is 288 g/mol. The number of carbonyl (C=O) groups is 1. The Morgan fingerprint density at radius 3 is 2.95 bits per heavy atom. The molecule has 0 atom stereocenters. The van der Waals surface area contributed by atoms with Crippen LogP contribution in [0, 0.1) is 5.95 Å². The second kappa shape index (κ2) is 6.86. The Balaban J connectivity index is 2.17. The molecule has 102 valence electrons. The summed E-state index contributed by atoms with van der Waals surface area (Å²) >= 11 is 1.57. The van der Waals surface area contributed by atoms with Gasteiger partial charge in [0.1, 0.15) is 0 Å². The largest absolute Gasteiger partial charge is 0.321 e. The highest BCUT2D eigenvalue weighted by Crippen LogP contribution is 2.27. The minimum absolute atomic E-state index is 0.237. The van der Waals surface area contributed by atoms with E-state index in [1.165, 1.54) is 12.3 Å². The molecule has 0 aliphatic rings. The highest BCUT2D eigenvalue weighted by molar-refractivity contribution is 7.99. The SMILES string of the molecule is C=CCSc1ccccc1NC(=O)c1ccnc(F)c1. The van der Waals surface area contributed by atoms with E-state index < -0.39 is 5.95 Å². The predicted octanol–water partition coefficient (Wildman–Crippen LogP) is 3.75. The van der Waals surface area contributed by atoms with Gasteiger partial charge in [0.05, 0.1) is 5.69 Å². The Morgan fingerprint density at radius 2 is 2.20 bits per heavy atom. The number of carbonyl (C=O) groups excluding carboxylic acids is 1. The van der Waals surface area contributed by atoms with Gasteiger partial charge in [0.15, 0.2) is 0 Å².